The summed E-state index contributed by atoms with van der Waals surface area (Å²) in [5.74, 6) is 0.575. The van der Waals surface area contributed by atoms with Crippen molar-refractivity contribution in [3.05, 3.63) is 63.1 Å². The van der Waals surface area contributed by atoms with E-state index in [2.05, 4.69) is 20.0 Å². The molecule has 1 amide bonds. The number of anilines is 1. The number of nitrogens with zero attached hydrogens (tertiary/aromatic N) is 6. The minimum atomic E-state index is -0.755. The topological polar surface area (TPSA) is 145 Å². The second-order valence-electron chi connectivity index (χ2n) is 6.97. The van der Waals surface area contributed by atoms with Gasteiger partial charge in [0.1, 0.15) is 12.0 Å². The highest BCUT2D eigenvalue weighted by atomic mass is 35.5. The summed E-state index contributed by atoms with van der Waals surface area (Å²) in [5, 5.41) is 15.6. The van der Waals surface area contributed by atoms with Crippen LogP contribution in [0.1, 0.15) is 16.2 Å². The number of benzene rings is 1. The highest BCUT2D eigenvalue weighted by Crippen LogP contribution is 2.24. The first-order chi connectivity index (χ1) is 14.9. The van der Waals surface area contributed by atoms with Crippen LogP contribution in [-0.4, -0.2) is 57.0 Å². The first-order valence-corrected chi connectivity index (χ1v) is 9.78. The van der Waals surface area contributed by atoms with Crippen LogP contribution in [0.4, 0.5) is 11.5 Å². The van der Waals surface area contributed by atoms with Gasteiger partial charge in [-0.25, -0.2) is 4.98 Å². The van der Waals surface area contributed by atoms with Gasteiger partial charge in [0, 0.05) is 42.8 Å². The first kappa shape index (κ1) is 20.7. The molecule has 1 aliphatic heterocycles. The van der Waals surface area contributed by atoms with Gasteiger partial charge in [0.05, 0.1) is 17.0 Å². The molecule has 0 aliphatic carbocycles. The maximum Gasteiger partial charge on any atom is 0.288 e. The Hall–Kier alpha value is -3.57. The number of piperazine rings is 1. The molecule has 2 N–H and O–H groups in total. The summed E-state index contributed by atoms with van der Waals surface area (Å²) in [6, 6.07) is 8.33. The number of halogens is 1. The summed E-state index contributed by atoms with van der Waals surface area (Å²) >= 11 is 5.90. The molecule has 4 rings (SSSR count). The van der Waals surface area contributed by atoms with Crippen molar-refractivity contribution in [2.45, 2.75) is 6.54 Å². The van der Waals surface area contributed by atoms with Crippen molar-refractivity contribution in [3.8, 4) is 11.4 Å². The quantitative estimate of drug-likeness (QED) is 0.447. The molecule has 31 heavy (non-hydrogen) atoms. The fourth-order valence-corrected chi connectivity index (χ4v) is 3.45. The van der Waals surface area contributed by atoms with Gasteiger partial charge >= 0.3 is 0 Å². The third kappa shape index (κ3) is 4.62. The molecule has 0 saturated carbocycles. The molecule has 160 valence electrons. The fourth-order valence-electron chi connectivity index (χ4n) is 3.32. The van der Waals surface area contributed by atoms with Crippen molar-refractivity contribution in [1.82, 2.24) is 20.0 Å². The molecule has 12 heteroatoms. The van der Waals surface area contributed by atoms with Crippen LogP contribution in [0, 0.1) is 10.1 Å². The van der Waals surface area contributed by atoms with Crippen LogP contribution in [0.25, 0.3) is 11.4 Å². The van der Waals surface area contributed by atoms with E-state index in [9.17, 15) is 14.9 Å². The molecule has 1 fully saturated rings. The number of hydrogen-bond acceptors (Lipinski definition) is 9. The number of pyridine rings is 1. The smallest absolute Gasteiger partial charge is 0.288 e. The highest BCUT2D eigenvalue weighted by Gasteiger charge is 2.25. The Morgan fingerprint density at radius 2 is 1.94 bits per heavy atom. The summed E-state index contributed by atoms with van der Waals surface area (Å²) in [6.07, 6.45) is 1.13. The minimum absolute atomic E-state index is 0.0344. The zero-order chi connectivity index (χ0) is 22.0. The van der Waals surface area contributed by atoms with E-state index in [1.165, 1.54) is 0 Å². The molecule has 0 atom stereocenters. The third-order valence-corrected chi connectivity index (χ3v) is 5.18. The Morgan fingerprint density at radius 3 is 2.58 bits per heavy atom. The lowest BCUT2D eigenvalue weighted by atomic mass is 10.2. The van der Waals surface area contributed by atoms with Crippen LogP contribution in [0.3, 0.4) is 0 Å². The molecular formula is C19H18ClN7O4. The van der Waals surface area contributed by atoms with Gasteiger partial charge in [-0.15, -0.1) is 0 Å². The zero-order valence-corrected chi connectivity index (χ0v) is 17.0. The first-order valence-electron chi connectivity index (χ1n) is 9.41. The molecular weight excluding hydrogens is 426 g/mol. The van der Waals surface area contributed by atoms with Crippen molar-refractivity contribution in [1.29, 1.82) is 0 Å². The van der Waals surface area contributed by atoms with Crippen molar-refractivity contribution < 1.29 is 14.2 Å². The SMILES string of the molecule is NC(=O)c1cc([N+](=O)[O-])cnc1N1CCN(Cc2nc(-c3ccc(Cl)cc3)no2)CC1. The van der Waals surface area contributed by atoms with E-state index in [1.54, 1.807) is 12.1 Å². The fraction of sp³-hybridized carbons (Fsp3) is 0.263. The number of nitrogens with two attached hydrogens (primary N) is 1. The van der Waals surface area contributed by atoms with Crippen LogP contribution < -0.4 is 10.6 Å². The molecule has 0 spiro atoms. The van der Waals surface area contributed by atoms with Gasteiger partial charge in [0.2, 0.25) is 11.7 Å². The van der Waals surface area contributed by atoms with Gasteiger partial charge in [-0.1, -0.05) is 16.8 Å². The largest absolute Gasteiger partial charge is 0.365 e. The van der Waals surface area contributed by atoms with Crippen molar-refractivity contribution in [3.63, 3.8) is 0 Å². The van der Waals surface area contributed by atoms with E-state index < -0.39 is 10.8 Å². The number of carbonyl (C=O) groups is 1. The van der Waals surface area contributed by atoms with Gasteiger partial charge in [0.25, 0.3) is 11.6 Å². The van der Waals surface area contributed by atoms with E-state index >= 15 is 0 Å². The molecule has 11 nitrogen and oxygen atoms in total. The number of nitro groups is 1. The summed E-state index contributed by atoms with van der Waals surface area (Å²) in [6.45, 7) is 2.89. The van der Waals surface area contributed by atoms with Gasteiger partial charge in [-0.05, 0) is 24.3 Å². The second kappa shape index (κ2) is 8.66. The van der Waals surface area contributed by atoms with E-state index in [0.717, 1.165) is 17.8 Å². The summed E-state index contributed by atoms with van der Waals surface area (Å²) < 4.78 is 5.36. The van der Waals surface area contributed by atoms with Gasteiger partial charge in [-0.3, -0.25) is 19.8 Å². The van der Waals surface area contributed by atoms with Gasteiger partial charge in [0.15, 0.2) is 0 Å². The van der Waals surface area contributed by atoms with Crippen molar-refractivity contribution in [2.75, 3.05) is 31.1 Å². The average Bonchev–Trinajstić information content (AvgIpc) is 3.22. The molecule has 0 bridgehead atoms. The molecule has 1 aliphatic rings. The maximum atomic E-state index is 11.8. The molecule has 1 saturated heterocycles. The standard InChI is InChI=1S/C19H18ClN7O4/c20-13-3-1-12(2-4-13)18-23-16(31-24-18)11-25-5-7-26(8-6-25)19-15(17(21)28)9-14(10-22-19)27(29)30/h1-4,9-10H,5-8,11H2,(H2,21,28). The van der Waals surface area contributed by atoms with Gasteiger partial charge < -0.3 is 15.2 Å². The third-order valence-electron chi connectivity index (χ3n) is 4.93. The predicted octanol–water partition coefficient (Wildman–Crippen LogP) is 2.11. The average molecular weight is 444 g/mol. The van der Waals surface area contributed by atoms with E-state index in [4.69, 9.17) is 21.9 Å². The van der Waals surface area contributed by atoms with E-state index in [-0.39, 0.29) is 11.3 Å². The number of rotatable bonds is 6. The lowest BCUT2D eigenvalue weighted by Gasteiger charge is -2.35. The Labute approximate surface area is 181 Å². The molecule has 1 aromatic carbocycles. The number of hydrogen-bond donors (Lipinski definition) is 1. The Kier molecular flexibility index (Phi) is 5.78. The second-order valence-corrected chi connectivity index (χ2v) is 7.40. The summed E-state index contributed by atoms with van der Waals surface area (Å²) in [4.78, 5) is 34.7. The van der Waals surface area contributed by atoms with Crippen LogP contribution in [0.2, 0.25) is 5.02 Å². The van der Waals surface area contributed by atoms with Gasteiger partial charge in [-0.2, -0.15) is 4.98 Å². The Balaban J connectivity index is 1.40. The molecule has 0 unspecified atom stereocenters. The van der Waals surface area contributed by atoms with Crippen molar-refractivity contribution >= 4 is 29.0 Å². The monoisotopic (exact) mass is 443 g/mol. The van der Waals surface area contributed by atoms with Crippen LogP contribution in [0.5, 0.6) is 0 Å². The highest BCUT2D eigenvalue weighted by molar-refractivity contribution is 6.30. The van der Waals surface area contributed by atoms with E-state index in [0.29, 0.717) is 55.3 Å². The number of amides is 1. The number of aromatic nitrogens is 3. The molecule has 3 aromatic rings. The lowest BCUT2D eigenvalue weighted by Crippen LogP contribution is -2.46. The normalized spacial score (nSPS) is 14.5. The summed E-state index contributed by atoms with van der Waals surface area (Å²) in [5.41, 5.74) is 5.98. The van der Waals surface area contributed by atoms with Crippen LogP contribution in [-0.2, 0) is 6.54 Å². The lowest BCUT2D eigenvalue weighted by molar-refractivity contribution is -0.385. The predicted molar refractivity (Wildman–Crippen MR) is 112 cm³/mol. The Bertz CT molecular complexity index is 1110. The molecule has 2 aromatic heterocycles. The van der Waals surface area contributed by atoms with Crippen LogP contribution >= 0.6 is 11.6 Å². The van der Waals surface area contributed by atoms with E-state index in [1.807, 2.05) is 17.0 Å². The maximum absolute atomic E-state index is 11.8. The molecule has 3 heterocycles. The number of carbonyl (C=O) groups excluding carboxylic acids is 1. The Morgan fingerprint density at radius 1 is 1.23 bits per heavy atom. The number of primary amides is 1. The zero-order valence-electron chi connectivity index (χ0n) is 16.3. The molecule has 0 radical (unpaired) electrons. The summed E-state index contributed by atoms with van der Waals surface area (Å²) in [7, 11) is 0. The van der Waals surface area contributed by atoms with Crippen molar-refractivity contribution in [2.24, 2.45) is 5.73 Å². The minimum Gasteiger partial charge on any atom is -0.365 e. The van der Waals surface area contributed by atoms with Crippen LogP contribution in [0.15, 0.2) is 41.1 Å².